The lowest BCUT2D eigenvalue weighted by Crippen LogP contribution is -1.83. The van der Waals surface area contributed by atoms with Crippen molar-refractivity contribution in [2.45, 2.75) is 27.7 Å². The van der Waals surface area contributed by atoms with Gasteiger partial charge in [-0.15, -0.1) is 0 Å². The molecule has 0 heterocycles. The molecule has 0 saturated heterocycles. The lowest BCUT2D eigenvalue weighted by atomic mass is 10.2. The van der Waals surface area contributed by atoms with Gasteiger partial charge in [-0.25, -0.2) is 8.78 Å². The van der Waals surface area contributed by atoms with Gasteiger partial charge in [-0.05, 0) is 36.4 Å². The number of hydrogen-bond donors (Lipinski definition) is 0. The van der Waals surface area contributed by atoms with Gasteiger partial charge in [0.2, 0.25) is 0 Å². The number of rotatable bonds is 2. The minimum Gasteiger partial charge on any atom is -0.298 e. The molecule has 120 valence electrons. The fourth-order valence-electron chi connectivity index (χ4n) is 1.11. The van der Waals surface area contributed by atoms with Crippen molar-refractivity contribution in [3.05, 3.63) is 71.3 Å². The Balaban J connectivity index is 0. The standard InChI is InChI=1S/2C7H5FO.2C2H6/c8-7-3-1-6(5-9)2-4-7;8-7-4-2-1-3-6(7)5-9;2*1-2/h2*1-5H;2*1-2H3. The maximum atomic E-state index is 12.4. The molecule has 0 aliphatic carbocycles. The van der Waals surface area contributed by atoms with Gasteiger partial charge >= 0.3 is 0 Å². The van der Waals surface area contributed by atoms with E-state index in [9.17, 15) is 18.4 Å². The van der Waals surface area contributed by atoms with Crippen LogP contribution in [0.4, 0.5) is 8.78 Å². The summed E-state index contributed by atoms with van der Waals surface area (Å²) in [6.07, 6.45) is 1.18. The van der Waals surface area contributed by atoms with Crippen molar-refractivity contribution in [2.24, 2.45) is 0 Å². The van der Waals surface area contributed by atoms with E-state index in [1.807, 2.05) is 27.7 Å². The molecule has 0 amide bonds. The average Bonchev–Trinajstić information content (AvgIpc) is 2.60. The largest absolute Gasteiger partial charge is 0.298 e. The predicted molar refractivity (Wildman–Crippen MR) is 86.3 cm³/mol. The van der Waals surface area contributed by atoms with Crippen LogP contribution in [0.2, 0.25) is 0 Å². The van der Waals surface area contributed by atoms with Crippen LogP contribution in [0.3, 0.4) is 0 Å². The summed E-state index contributed by atoms with van der Waals surface area (Å²) in [5.41, 5.74) is 0.605. The minimum atomic E-state index is -0.465. The molecule has 2 nitrogen and oxygen atoms in total. The highest BCUT2D eigenvalue weighted by Crippen LogP contribution is 2.01. The van der Waals surface area contributed by atoms with Crippen molar-refractivity contribution >= 4 is 12.6 Å². The zero-order valence-electron chi connectivity index (χ0n) is 13.3. The van der Waals surface area contributed by atoms with E-state index in [-0.39, 0.29) is 11.4 Å². The quantitative estimate of drug-likeness (QED) is 0.703. The molecule has 0 saturated carbocycles. The summed E-state index contributed by atoms with van der Waals surface area (Å²) in [6.45, 7) is 8.00. The van der Waals surface area contributed by atoms with Crippen LogP contribution in [0.5, 0.6) is 0 Å². The normalized spacial score (nSPS) is 7.91. The van der Waals surface area contributed by atoms with E-state index >= 15 is 0 Å². The molecular weight excluding hydrogens is 286 g/mol. The fraction of sp³-hybridized carbons (Fsp3) is 0.222. The Morgan fingerprint density at radius 2 is 1.23 bits per heavy atom. The molecule has 0 aliphatic rings. The molecule has 0 radical (unpaired) electrons. The summed E-state index contributed by atoms with van der Waals surface area (Å²) in [4.78, 5) is 20.0. The van der Waals surface area contributed by atoms with Crippen LogP contribution in [0, 0.1) is 11.6 Å². The maximum absolute atomic E-state index is 12.4. The Bertz CT molecular complexity index is 523. The Morgan fingerprint density at radius 3 is 1.59 bits per heavy atom. The Morgan fingerprint density at radius 1 is 0.727 bits per heavy atom. The van der Waals surface area contributed by atoms with Crippen LogP contribution < -0.4 is 0 Å². The third-order valence-electron chi connectivity index (χ3n) is 2.04. The Kier molecular flexibility index (Phi) is 15.0. The summed E-state index contributed by atoms with van der Waals surface area (Å²) in [7, 11) is 0. The van der Waals surface area contributed by atoms with Crippen LogP contribution in [0.15, 0.2) is 48.5 Å². The monoisotopic (exact) mass is 308 g/mol. The minimum absolute atomic E-state index is 0.109. The first-order valence-electron chi connectivity index (χ1n) is 7.08. The third kappa shape index (κ3) is 9.53. The number of carbonyl (C=O) groups excluding carboxylic acids is 2. The predicted octanol–water partition coefficient (Wildman–Crippen LogP) is 5.33. The van der Waals surface area contributed by atoms with E-state index in [1.54, 1.807) is 12.1 Å². The van der Waals surface area contributed by atoms with Gasteiger partial charge in [-0.1, -0.05) is 39.8 Å². The molecule has 0 bridgehead atoms. The maximum Gasteiger partial charge on any atom is 0.152 e. The summed E-state index contributed by atoms with van der Waals surface area (Å²) in [5.74, 6) is -0.784. The van der Waals surface area contributed by atoms with Gasteiger partial charge in [0.15, 0.2) is 6.29 Å². The second kappa shape index (κ2) is 15.0. The summed E-state index contributed by atoms with van der Waals surface area (Å²) in [6, 6.07) is 11.2. The molecule has 0 spiro atoms. The molecular formula is C18H22F2O2. The zero-order valence-corrected chi connectivity index (χ0v) is 13.3. The molecule has 22 heavy (non-hydrogen) atoms. The highest BCUT2D eigenvalue weighted by molar-refractivity contribution is 5.75. The smallest absolute Gasteiger partial charge is 0.152 e. The van der Waals surface area contributed by atoms with Gasteiger partial charge in [0.25, 0.3) is 0 Å². The third-order valence-corrected chi connectivity index (χ3v) is 2.04. The van der Waals surface area contributed by atoms with E-state index in [1.165, 1.54) is 36.4 Å². The summed E-state index contributed by atoms with van der Waals surface area (Å²) in [5, 5.41) is 0. The number of carbonyl (C=O) groups is 2. The molecule has 0 aromatic heterocycles. The highest BCUT2D eigenvalue weighted by atomic mass is 19.1. The van der Waals surface area contributed by atoms with Crippen LogP contribution in [-0.4, -0.2) is 12.6 Å². The topological polar surface area (TPSA) is 34.1 Å². The van der Waals surface area contributed by atoms with Crippen molar-refractivity contribution in [3.63, 3.8) is 0 Å². The van der Waals surface area contributed by atoms with Crippen molar-refractivity contribution < 1.29 is 18.4 Å². The molecule has 0 atom stereocenters. The van der Waals surface area contributed by atoms with Crippen LogP contribution in [0.25, 0.3) is 0 Å². The zero-order chi connectivity index (χ0) is 17.4. The first kappa shape index (κ1) is 21.9. The van der Waals surface area contributed by atoms with E-state index in [2.05, 4.69) is 0 Å². The molecule has 4 heteroatoms. The molecule has 2 aromatic carbocycles. The molecule has 0 unspecified atom stereocenters. The lowest BCUT2D eigenvalue weighted by Gasteiger charge is -1.88. The fourth-order valence-corrected chi connectivity index (χ4v) is 1.11. The van der Waals surface area contributed by atoms with Crippen molar-refractivity contribution in [3.8, 4) is 0 Å². The second-order valence-corrected chi connectivity index (χ2v) is 3.31. The van der Waals surface area contributed by atoms with Crippen molar-refractivity contribution in [1.82, 2.24) is 0 Å². The summed E-state index contributed by atoms with van der Waals surface area (Å²) >= 11 is 0. The van der Waals surface area contributed by atoms with E-state index in [0.717, 1.165) is 0 Å². The van der Waals surface area contributed by atoms with Crippen molar-refractivity contribution in [2.75, 3.05) is 0 Å². The average molecular weight is 308 g/mol. The molecule has 2 rings (SSSR count). The highest BCUT2D eigenvalue weighted by Gasteiger charge is 1.94. The van der Waals surface area contributed by atoms with E-state index in [0.29, 0.717) is 18.1 Å². The lowest BCUT2D eigenvalue weighted by molar-refractivity contribution is 0.111. The van der Waals surface area contributed by atoms with E-state index < -0.39 is 5.82 Å². The first-order chi connectivity index (χ1) is 10.7. The van der Waals surface area contributed by atoms with Crippen LogP contribution in [-0.2, 0) is 0 Å². The molecule has 0 aliphatic heterocycles. The molecule has 2 aromatic rings. The SMILES string of the molecule is CC.CC.O=Cc1ccc(F)cc1.O=Cc1ccccc1F. The number of halogens is 2. The number of benzene rings is 2. The van der Waals surface area contributed by atoms with Gasteiger partial charge in [-0.3, -0.25) is 9.59 Å². The van der Waals surface area contributed by atoms with Gasteiger partial charge in [0.1, 0.15) is 17.9 Å². The van der Waals surface area contributed by atoms with Crippen LogP contribution >= 0.6 is 0 Å². The van der Waals surface area contributed by atoms with Gasteiger partial charge in [0, 0.05) is 5.56 Å². The second-order valence-electron chi connectivity index (χ2n) is 3.31. The first-order valence-corrected chi connectivity index (χ1v) is 7.08. The van der Waals surface area contributed by atoms with Gasteiger partial charge in [-0.2, -0.15) is 0 Å². The van der Waals surface area contributed by atoms with Gasteiger partial charge in [0.05, 0.1) is 5.56 Å². The number of aldehydes is 2. The van der Waals surface area contributed by atoms with Gasteiger partial charge < -0.3 is 0 Å². The van der Waals surface area contributed by atoms with Crippen LogP contribution in [0.1, 0.15) is 48.4 Å². The molecule has 0 fully saturated rings. The Hall–Kier alpha value is -2.36. The number of hydrogen-bond acceptors (Lipinski definition) is 2. The van der Waals surface area contributed by atoms with E-state index in [4.69, 9.17) is 0 Å². The molecule has 0 N–H and O–H groups in total. The summed E-state index contributed by atoms with van der Waals surface area (Å²) < 4.78 is 24.5. The Labute approximate surface area is 130 Å². The van der Waals surface area contributed by atoms with Crippen molar-refractivity contribution in [1.29, 1.82) is 0 Å².